The summed E-state index contributed by atoms with van der Waals surface area (Å²) in [6.07, 6.45) is 5.01. The van der Waals surface area contributed by atoms with Crippen LogP contribution in [-0.4, -0.2) is 49.6 Å². The number of rotatable bonds is 3. The number of hydrogen-bond donors (Lipinski definition) is 0. The van der Waals surface area contributed by atoms with E-state index in [2.05, 4.69) is 21.9 Å². The number of piperidine rings is 1. The normalized spacial score (nSPS) is 16.6. The highest BCUT2D eigenvalue weighted by Crippen LogP contribution is 2.10. The molecule has 1 aliphatic rings. The molecule has 24 heavy (non-hydrogen) atoms. The van der Waals surface area contributed by atoms with Crippen molar-refractivity contribution >= 4 is 29.4 Å². The number of fused-ring (bicyclic) bond motifs is 1. The van der Waals surface area contributed by atoms with Crippen LogP contribution in [0.2, 0.25) is 0 Å². The van der Waals surface area contributed by atoms with Gasteiger partial charge in [0.2, 0.25) is 0 Å². The molecule has 0 saturated carbocycles. The molecule has 0 N–H and O–H groups in total. The number of imidazole rings is 1. The van der Waals surface area contributed by atoms with Gasteiger partial charge in [-0.3, -0.25) is 18.9 Å². The summed E-state index contributed by atoms with van der Waals surface area (Å²) in [7, 11) is 5.17. The first kappa shape index (κ1) is 18.3. The van der Waals surface area contributed by atoms with Crippen LogP contribution in [0.1, 0.15) is 19.3 Å². The Morgan fingerprint density at radius 3 is 2.62 bits per heavy atom. The molecule has 0 atom stereocenters. The Labute approximate surface area is 145 Å². The van der Waals surface area contributed by atoms with Crippen molar-refractivity contribution in [2.24, 2.45) is 19.1 Å². The summed E-state index contributed by atoms with van der Waals surface area (Å²) in [6.45, 7) is 2.22. The lowest BCUT2D eigenvalue weighted by atomic mass is 10.1. The average Bonchev–Trinajstić information content (AvgIpc) is 2.97. The van der Waals surface area contributed by atoms with Crippen molar-refractivity contribution in [1.82, 2.24) is 23.6 Å². The Hall–Kier alpha value is -2.09. The van der Waals surface area contributed by atoms with E-state index in [0.717, 1.165) is 23.4 Å². The van der Waals surface area contributed by atoms with Gasteiger partial charge in [-0.1, -0.05) is 0 Å². The molecule has 132 valence electrons. The van der Waals surface area contributed by atoms with Gasteiger partial charge in [-0.2, -0.15) is 0 Å². The fourth-order valence-corrected chi connectivity index (χ4v) is 3.01. The van der Waals surface area contributed by atoms with E-state index in [1.54, 1.807) is 17.9 Å². The molecule has 1 saturated heterocycles. The third-order valence-corrected chi connectivity index (χ3v) is 4.44. The first-order chi connectivity index (χ1) is 11.0. The van der Waals surface area contributed by atoms with Gasteiger partial charge in [0.1, 0.15) is 0 Å². The number of likely N-dealkylation sites (tertiary alicyclic amines) is 1. The molecular weight excluding hydrogens is 332 g/mol. The van der Waals surface area contributed by atoms with E-state index in [9.17, 15) is 9.59 Å². The molecular formula is C15H23ClN6O2. The van der Waals surface area contributed by atoms with Gasteiger partial charge in [0, 0.05) is 40.7 Å². The third-order valence-electron chi connectivity index (χ3n) is 4.44. The highest BCUT2D eigenvalue weighted by molar-refractivity contribution is 5.85. The van der Waals surface area contributed by atoms with Gasteiger partial charge in [-0.15, -0.1) is 12.4 Å². The van der Waals surface area contributed by atoms with Crippen LogP contribution in [0.15, 0.2) is 20.9 Å². The van der Waals surface area contributed by atoms with Crippen LogP contribution in [0, 0.1) is 0 Å². The number of aryl methyl sites for hydroxylation is 1. The number of aliphatic imine (C=N–C) groups is 1. The van der Waals surface area contributed by atoms with Crippen molar-refractivity contribution < 1.29 is 0 Å². The second kappa shape index (κ2) is 7.21. The quantitative estimate of drug-likeness (QED) is 0.798. The predicted octanol–water partition coefficient (Wildman–Crippen LogP) is 0.370. The second-order valence-electron chi connectivity index (χ2n) is 5.99. The zero-order valence-corrected chi connectivity index (χ0v) is 15.0. The molecule has 0 radical (unpaired) electrons. The van der Waals surface area contributed by atoms with Gasteiger partial charge in [0.25, 0.3) is 5.56 Å². The molecule has 0 bridgehead atoms. The summed E-state index contributed by atoms with van der Waals surface area (Å²) in [5, 5.41) is 0. The number of amidine groups is 1. The SMILES string of the molecule is CN1CCCCC1=NCCn1cnc2c1c(=O)n(C)c(=O)n2C.Cl. The molecule has 2 aromatic heterocycles. The minimum Gasteiger partial charge on any atom is -0.363 e. The monoisotopic (exact) mass is 354 g/mol. The molecule has 0 amide bonds. The zero-order valence-electron chi connectivity index (χ0n) is 14.2. The van der Waals surface area contributed by atoms with Gasteiger partial charge < -0.3 is 9.47 Å². The second-order valence-corrected chi connectivity index (χ2v) is 5.99. The summed E-state index contributed by atoms with van der Waals surface area (Å²) in [4.78, 5) is 35.3. The van der Waals surface area contributed by atoms with Gasteiger partial charge in [-0.05, 0) is 12.8 Å². The van der Waals surface area contributed by atoms with Gasteiger partial charge in [-0.25, -0.2) is 9.78 Å². The third kappa shape index (κ3) is 3.10. The zero-order chi connectivity index (χ0) is 16.6. The summed E-state index contributed by atoms with van der Waals surface area (Å²) < 4.78 is 4.29. The van der Waals surface area contributed by atoms with Crippen molar-refractivity contribution in [2.75, 3.05) is 20.1 Å². The minimum absolute atomic E-state index is 0. The van der Waals surface area contributed by atoms with E-state index in [1.807, 2.05) is 0 Å². The summed E-state index contributed by atoms with van der Waals surface area (Å²) >= 11 is 0. The topological polar surface area (TPSA) is 77.4 Å². The first-order valence-corrected chi connectivity index (χ1v) is 7.86. The molecule has 0 aromatic carbocycles. The number of aromatic nitrogens is 4. The Morgan fingerprint density at radius 2 is 1.92 bits per heavy atom. The summed E-state index contributed by atoms with van der Waals surface area (Å²) in [6, 6.07) is 0. The average molecular weight is 355 g/mol. The number of nitrogens with zero attached hydrogens (tertiary/aromatic N) is 6. The van der Waals surface area contributed by atoms with E-state index < -0.39 is 0 Å². The molecule has 1 aliphatic heterocycles. The lowest BCUT2D eigenvalue weighted by Gasteiger charge is -2.26. The van der Waals surface area contributed by atoms with Crippen LogP contribution < -0.4 is 11.2 Å². The van der Waals surface area contributed by atoms with Crippen molar-refractivity contribution in [1.29, 1.82) is 0 Å². The van der Waals surface area contributed by atoms with E-state index in [1.165, 1.54) is 24.5 Å². The van der Waals surface area contributed by atoms with Crippen molar-refractivity contribution in [3.63, 3.8) is 0 Å². The molecule has 3 heterocycles. The van der Waals surface area contributed by atoms with Gasteiger partial charge >= 0.3 is 5.69 Å². The van der Waals surface area contributed by atoms with Crippen LogP contribution in [0.3, 0.4) is 0 Å². The van der Waals surface area contributed by atoms with E-state index >= 15 is 0 Å². The summed E-state index contributed by atoms with van der Waals surface area (Å²) in [5.41, 5.74) is 0.187. The fraction of sp³-hybridized carbons (Fsp3) is 0.600. The fourth-order valence-electron chi connectivity index (χ4n) is 3.01. The van der Waals surface area contributed by atoms with Crippen LogP contribution in [0.4, 0.5) is 0 Å². The first-order valence-electron chi connectivity index (χ1n) is 7.86. The Morgan fingerprint density at radius 1 is 1.17 bits per heavy atom. The standard InChI is InChI=1S/C15H22N6O2.ClH/c1-18-8-5-4-6-11(18)16-7-9-21-10-17-13-12(21)14(22)20(3)15(23)19(13)2;/h10H,4-9H2,1-3H3;1H. The lowest BCUT2D eigenvalue weighted by Crippen LogP contribution is -2.37. The highest BCUT2D eigenvalue weighted by Gasteiger charge is 2.14. The summed E-state index contributed by atoms with van der Waals surface area (Å²) in [5.74, 6) is 1.13. The Bertz CT molecular complexity index is 878. The van der Waals surface area contributed by atoms with Crippen molar-refractivity contribution in [3.8, 4) is 0 Å². The maximum absolute atomic E-state index is 12.3. The van der Waals surface area contributed by atoms with Crippen LogP contribution in [0.25, 0.3) is 11.2 Å². The molecule has 9 heteroatoms. The minimum atomic E-state index is -0.364. The van der Waals surface area contributed by atoms with E-state index in [0.29, 0.717) is 24.3 Å². The lowest BCUT2D eigenvalue weighted by molar-refractivity contribution is 0.431. The van der Waals surface area contributed by atoms with Crippen molar-refractivity contribution in [2.45, 2.75) is 25.8 Å². The maximum Gasteiger partial charge on any atom is 0.332 e. The molecule has 1 fully saturated rings. The Balaban J connectivity index is 0.00000208. The number of halogens is 1. The van der Waals surface area contributed by atoms with Crippen LogP contribution in [-0.2, 0) is 20.6 Å². The molecule has 0 unspecified atom stereocenters. The van der Waals surface area contributed by atoms with Crippen molar-refractivity contribution in [3.05, 3.63) is 27.2 Å². The molecule has 0 spiro atoms. The van der Waals surface area contributed by atoms with Gasteiger partial charge in [0.15, 0.2) is 11.2 Å². The molecule has 2 aromatic rings. The molecule has 3 rings (SSSR count). The Kier molecular flexibility index (Phi) is 5.48. The van der Waals surface area contributed by atoms with E-state index in [4.69, 9.17) is 0 Å². The largest absolute Gasteiger partial charge is 0.363 e. The van der Waals surface area contributed by atoms with Crippen LogP contribution in [0.5, 0.6) is 0 Å². The highest BCUT2D eigenvalue weighted by atomic mass is 35.5. The van der Waals surface area contributed by atoms with Gasteiger partial charge in [0.05, 0.1) is 18.7 Å². The molecule has 0 aliphatic carbocycles. The van der Waals surface area contributed by atoms with E-state index in [-0.39, 0.29) is 23.7 Å². The predicted molar refractivity (Wildman–Crippen MR) is 96.2 cm³/mol. The number of hydrogen-bond acceptors (Lipinski definition) is 4. The van der Waals surface area contributed by atoms with Crippen LogP contribution >= 0.6 is 12.4 Å². The maximum atomic E-state index is 12.3. The molecule has 8 nitrogen and oxygen atoms in total. The smallest absolute Gasteiger partial charge is 0.332 e.